The minimum Gasteiger partial charge on any atom is -0.181 e. The van der Waals surface area contributed by atoms with Gasteiger partial charge in [0.2, 0.25) is 5.82 Å². The van der Waals surface area contributed by atoms with Gasteiger partial charge < -0.3 is 0 Å². The third-order valence-electron chi connectivity index (χ3n) is 1.98. The van der Waals surface area contributed by atoms with Crippen molar-refractivity contribution in [2.45, 2.75) is 0 Å². The number of nitrogens with zero attached hydrogens (tertiary/aromatic N) is 6. The highest BCUT2D eigenvalue weighted by atomic mass is 15.4. The minimum atomic E-state index is 0.398. The van der Waals surface area contributed by atoms with Crippen LogP contribution in [0.25, 0.3) is 17.2 Å². The van der Waals surface area contributed by atoms with Gasteiger partial charge in [-0.1, -0.05) is 30.3 Å². The highest BCUT2D eigenvalue weighted by Gasteiger charge is 2.03. The van der Waals surface area contributed by atoms with E-state index >= 15 is 0 Å². The maximum Gasteiger partial charge on any atom is 0.290 e. The number of rotatable bonds is 1. The number of fused-ring (bicyclic) bond motifs is 1. The number of hydrogen-bond acceptors (Lipinski definition) is 5. The Hall–Kier alpha value is -2.37. The Morgan fingerprint density at radius 1 is 0.933 bits per heavy atom. The molecule has 3 aromatic rings. The Bertz CT molecular complexity index is 588. The molecule has 0 aliphatic carbocycles. The van der Waals surface area contributed by atoms with Crippen LogP contribution in [-0.4, -0.2) is 30.0 Å². The normalized spacial score (nSPS) is 10.7. The van der Waals surface area contributed by atoms with Crippen LogP contribution in [0.1, 0.15) is 0 Å². The predicted octanol–water partition coefficient (Wildman–Crippen LogP) is 0.581. The second-order valence-corrected chi connectivity index (χ2v) is 2.97. The molecule has 3 rings (SSSR count). The molecule has 2 aromatic heterocycles. The highest BCUT2D eigenvalue weighted by Crippen LogP contribution is 2.11. The molecule has 0 bridgehead atoms. The van der Waals surface area contributed by atoms with E-state index in [1.807, 2.05) is 30.3 Å². The van der Waals surface area contributed by atoms with Crippen molar-refractivity contribution in [3.8, 4) is 11.4 Å². The van der Waals surface area contributed by atoms with E-state index in [1.165, 1.54) is 10.8 Å². The summed E-state index contributed by atoms with van der Waals surface area (Å²) < 4.78 is 1.50. The standard InChI is InChI=1S/C9H6N6/c1-2-4-7(5-3-1)8-11-13-9-12-10-6-15(9)14-8/h1-6H. The van der Waals surface area contributed by atoms with Gasteiger partial charge in [-0.2, -0.15) is 4.52 Å². The molecule has 0 saturated heterocycles. The van der Waals surface area contributed by atoms with Gasteiger partial charge in [0.1, 0.15) is 6.33 Å². The van der Waals surface area contributed by atoms with Crippen LogP contribution in [0.15, 0.2) is 36.7 Å². The molecule has 0 aliphatic rings. The molecule has 6 heteroatoms. The van der Waals surface area contributed by atoms with Gasteiger partial charge in [-0.25, -0.2) is 0 Å². The molecule has 0 spiro atoms. The van der Waals surface area contributed by atoms with Crippen LogP contribution in [-0.2, 0) is 0 Å². The summed E-state index contributed by atoms with van der Waals surface area (Å²) in [6.45, 7) is 0. The lowest BCUT2D eigenvalue weighted by Crippen LogP contribution is -2.00. The Balaban J connectivity index is 2.19. The molecule has 0 amide bonds. The van der Waals surface area contributed by atoms with E-state index < -0.39 is 0 Å². The minimum absolute atomic E-state index is 0.398. The molecule has 0 N–H and O–H groups in total. The number of hydrogen-bond donors (Lipinski definition) is 0. The first kappa shape index (κ1) is 7.98. The predicted molar refractivity (Wildman–Crippen MR) is 51.8 cm³/mol. The van der Waals surface area contributed by atoms with Crippen molar-refractivity contribution in [3.05, 3.63) is 36.7 Å². The SMILES string of the molecule is c1ccc(-c2nnc3nncn3n2)cc1. The maximum absolute atomic E-state index is 4.22. The van der Waals surface area contributed by atoms with Crippen LogP contribution in [0.4, 0.5) is 0 Å². The van der Waals surface area contributed by atoms with Gasteiger partial charge in [0.05, 0.1) is 0 Å². The average Bonchev–Trinajstić information content (AvgIpc) is 2.77. The van der Waals surface area contributed by atoms with Crippen LogP contribution < -0.4 is 0 Å². The van der Waals surface area contributed by atoms with E-state index in [0.717, 1.165) is 5.56 Å². The van der Waals surface area contributed by atoms with E-state index in [-0.39, 0.29) is 0 Å². The lowest BCUT2D eigenvalue weighted by molar-refractivity contribution is 0.835. The molecule has 0 unspecified atom stereocenters. The third kappa shape index (κ3) is 1.32. The van der Waals surface area contributed by atoms with Gasteiger partial charge in [-0.15, -0.1) is 25.5 Å². The summed E-state index contributed by atoms with van der Waals surface area (Å²) in [5, 5.41) is 19.5. The fourth-order valence-corrected chi connectivity index (χ4v) is 1.28. The Morgan fingerprint density at radius 3 is 2.67 bits per heavy atom. The third-order valence-corrected chi connectivity index (χ3v) is 1.98. The molecular formula is C9H6N6. The summed E-state index contributed by atoms with van der Waals surface area (Å²) in [5.41, 5.74) is 0.917. The second-order valence-electron chi connectivity index (χ2n) is 2.97. The van der Waals surface area contributed by atoms with Crippen LogP contribution in [0.3, 0.4) is 0 Å². The zero-order valence-corrected chi connectivity index (χ0v) is 7.65. The monoisotopic (exact) mass is 198 g/mol. The van der Waals surface area contributed by atoms with Crippen molar-refractivity contribution in [1.82, 2.24) is 30.0 Å². The summed E-state index contributed by atoms with van der Waals surface area (Å²) in [7, 11) is 0. The van der Waals surface area contributed by atoms with Gasteiger partial charge in [0.25, 0.3) is 5.78 Å². The van der Waals surface area contributed by atoms with Gasteiger partial charge >= 0.3 is 0 Å². The first-order valence-corrected chi connectivity index (χ1v) is 4.40. The molecule has 2 heterocycles. The first-order valence-electron chi connectivity index (χ1n) is 4.40. The smallest absolute Gasteiger partial charge is 0.181 e. The van der Waals surface area contributed by atoms with Crippen molar-refractivity contribution < 1.29 is 0 Å². The number of benzene rings is 1. The van der Waals surface area contributed by atoms with Crippen LogP contribution >= 0.6 is 0 Å². The topological polar surface area (TPSA) is 68.9 Å². The zero-order chi connectivity index (χ0) is 10.1. The van der Waals surface area contributed by atoms with E-state index in [9.17, 15) is 0 Å². The van der Waals surface area contributed by atoms with Crippen molar-refractivity contribution in [3.63, 3.8) is 0 Å². The van der Waals surface area contributed by atoms with Crippen LogP contribution in [0.2, 0.25) is 0 Å². The van der Waals surface area contributed by atoms with Crippen LogP contribution in [0.5, 0.6) is 0 Å². The molecule has 72 valence electrons. The quantitative estimate of drug-likeness (QED) is 0.572. The first-order chi connectivity index (χ1) is 7.43. The maximum atomic E-state index is 4.22. The molecule has 0 saturated carbocycles. The van der Waals surface area contributed by atoms with Crippen molar-refractivity contribution in [1.29, 1.82) is 0 Å². The molecule has 0 fully saturated rings. The summed E-state index contributed by atoms with van der Waals surface area (Å²) >= 11 is 0. The highest BCUT2D eigenvalue weighted by molar-refractivity contribution is 5.53. The molecular weight excluding hydrogens is 192 g/mol. The molecule has 1 aromatic carbocycles. The second kappa shape index (κ2) is 3.09. The molecule has 0 radical (unpaired) electrons. The van der Waals surface area contributed by atoms with Gasteiger partial charge in [-0.05, 0) is 0 Å². The molecule has 15 heavy (non-hydrogen) atoms. The summed E-state index contributed by atoms with van der Waals surface area (Å²) in [6.07, 6.45) is 1.50. The zero-order valence-electron chi connectivity index (χ0n) is 7.65. The summed E-state index contributed by atoms with van der Waals surface area (Å²) in [5.74, 6) is 0.956. The van der Waals surface area contributed by atoms with Crippen molar-refractivity contribution >= 4 is 5.78 Å². The van der Waals surface area contributed by atoms with Crippen LogP contribution in [0, 0.1) is 0 Å². The Morgan fingerprint density at radius 2 is 1.80 bits per heavy atom. The fourth-order valence-electron chi connectivity index (χ4n) is 1.28. The number of aromatic nitrogens is 6. The molecule has 0 atom stereocenters. The van der Waals surface area contributed by atoms with E-state index in [4.69, 9.17) is 0 Å². The average molecular weight is 198 g/mol. The van der Waals surface area contributed by atoms with E-state index in [1.54, 1.807) is 0 Å². The largest absolute Gasteiger partial charge is 0.290 e. The fraction of sp³-hybridized carbons (Fsp3) is 0. The molecule has 0 aliphatic heterocycles. The van der Waals surface area contributed by atoms with Gasteiger partial charge in [-0.3, -0.25) is 0 Å². The summed E-state index contributed by atoms with van der Waals surface area (Å²) in [6, 6.07) is 9.64. The van der Waals surface area contributed by atoms with E-state index in [0.29, 0.717) is 11.6 Å². The van der Waals surface area contributed by atoms with Gasteiger partial charge in [0, 0.05) is 5.56 Å². The van der Waals surface area contributed by atoms with Crippen molar-refractivity contribution in [2.24, 2.45) is 0 Å². The van der Waals surface area contributed by atoms with E-state index in [2.05, 4.69) is 25.5 Å². The van der Waals surface area contributed by atoms with Crippen molar-refractivity contribution in [2.75, 3.05) is 0 Å². The summed E-state index contributed by atoms with van der Waals surface area (Å²) in [4.78, 5) is 0. The lowest BCUT2D eigenvalue weighted by Gasteiger charge is -1.97. The Labute approximate surface area is 84.6 Å². The lowest BCUT2D eigenvalue weighted by atomic mass is 10.2. The molecule has 6 nitrogen and oxygen atoms in total. The Kier molecular flexibility index (Phi) is 1.64. The van der Waals surface area contributed by atoms with Gasteiger partial charge in [0.15, 0.2) is 0 Å².